The number of nitriles is 1. The molecule has 0 unspecified atom stereocenters. The zero-order valence-electron chi connectivity index (χ0n) is 12.4. The molecule has 4 nitrogen and oxygen atoms in total. The van der Waals surface area contributed by atoms with Crippen molar-refractivity contribution in [2.75, 3.05) is 11.9 Å². The quantitative estimate of drug-likeness (QED) is 0.783. The summed E-state index contributed by atoms with van der Waals surface area (Å²) in [7, 11) is 0. The maximum Gasteiger partial charge on any atom is 0.226 e. The Morgan fingerprint density at radius 1 is 1.39 bits per heavy atom. The highest BCUT2D eigenvalue weighted by molar-refractivity contribution is 7.14. The van der Waals surface area contributed by atoms with Crippen molar-refractivity contribution in [2.45, 2.75) is 19.4 Å². The van der Waals surface area contributed by atoms with Crippen molar-refractivity contribution < 1.29 is 4.79 Å². The van der Waals surface area contributed by atoms with E-state index in [-0.39, 0.29) is 11.9 Å². The van der Waals surface area contributed by atoms with Gasteiger partial charge in [0.25, 0.3) is 0 Å². The number of benzene rings is 1. The van der Waals surface area contributed by atoms with Crippen LogP contribution in [-0.2, 0) is 4.79 Å². The first-order chi connectivity index (χ1) is 11.0. The lowest BCUT2D eigenvalue weighted by Gasteiger charge is -2.15. The van der Waals surface area contributed by atoms with Crippen molar-refractivity contribution in [1.82, 2.24) is 5.32 Å². The number of thiophene rings is 1. The van der Waals surface area contributed by atoms with Gasteiger partial charge in [-0.3, -0.25) is 4.79 Å². The van der Waals surface area contributed by atoms with Crippen LogP contribution >= 0.6 is 34.5 Å². The predicted octanol–water partition coefficient (Wildman–Crippen LogP) is 4.61. The largest absolute Gasteiger partial charge is 0.317 e. The number of anilines is 1. The van der Waals surface area contributed by atoms with Crippen LogP contribution in [-0.4, -0.2) is 12.5 Å². The molecule has 120 valence electrons. The van der Waals surface area contributed by atoms with E-state index < -0.39 is 0 Å². The first kappa shape index (κ1) is 17.8. The molecule has 0 aliphatic heterocycles. The Labute approximate surface area is 149 Å². The first-order valence-corrected chi connectivity index (χ1v) is 8.60. The third-order valence-corrected chi connectivity index (χ3v) is 4.66. The molecule has 0 spiro atoms. The zero-order valence-corrected chi connectivity index (χ0v) is 14.7. The van der Waals surface area contributed by atoms with Crippen LogP contribution in [0.2, 0.25) is 10.0 Å². The Kier molecular flexibility index (Phi) is 6.43. The van der Waals surface area contributed by atoms with E-state index in [4.69, 9.17) is 28.5 Å². The van der Waals surface area contributed by atoms with Crippen molar-refractivity contribution in [3.8, 4) is 6.07 Å². The molecule has 23 heavy (non-hydrogen) atoms. The molecule has 1 heterocycles. The van der Waals surface area contributed by atoms with E-state index >= 15 is 0 Å². The minimum Gasteiger partial charge on any atom is -0.317 e. The molecule has 1 amide bonds. The van der Waals surface area contributed by atoms with Crippen LogP contribution in [0.1, 0.15) is 30.5 Å². The topological polar surface area (TPSA) is 64.9 Å². The van der Waals surface area contributed by atoms with Gasteiger partial charge in [-0.2, -0.15) is 5.26 Å². The smallest absolute Gasteiger partial charge is 0.226 e. The lowest BCUT2D eigenvalue weighted by atomic mass is 10.1. The number of hydrogen-bond donors (Lipinski definition) is 2. The van der Waals surface area contributed by atoms with Crippen LogP contribution < -0.4 is 10.6 Å². The number of carbonyl (C=O) groups excluding carboxylic acids is 1. The molecular formula is C16H15Cl2N3OS. The summed E-state index contributed by atoms with van der Waals surface area (Å²) in [5, 5.41) is 18.5. The Hall–Kier alpha value is -1.58. The second-order valence-electron chi connectivity index (χ2n) is 4.92. The number of rotatable bonds is 6. The molecule has 7 heteroatoms. The minimum atomic E-state index is -0.133. The van der Waals surface area contributed by atoms with Gasteiger partial charge in [-0.05, 0) is 36.1 Å². The number of halogens is 2. The van der Waals surface area contributed by atoms with Crippen LogP contribution in [0.25, 0.3) is 0 Å². The Bertz CT molecular complexity index is 739. The lowest BCUT2D eigenvalue weighted by Crippen LogP contribution is -2.24. The summed E-state index contributed by atoms with van der Waals surface area (Å²) >= 11 is 13.4. The van der Waals surface area contributed by atoms with Gasteiger partial charge < -0.3 is 10.6 Å². The summed E-state index contributed by atoms with van der Waals surface area (Å²) in [5.74, 6) is -0.133. The summed E-state index contributed by atoms with van der Waals surface area (Å²) in [4.78, 5) is 11.9. The van der Waals surface area contributed by atoms with Crippen molar-refractivity contribution in [2.24, 2.45) is 0 Å². The molecule has 2 aromatic rings. The SMILES string of the molecule is C[C@@H](NCCC(=O)Nc1sccc1C#N)c1ccc(Cl)cc1Cl. The number of nitrogens with zero attached hydrogens (tertiary/aromatic N) is 1. The predicted molar refractivity (Wildman–Crippen MR) is 95.2 cm³/mol. The van der Waals surface area contributed by atoms with Crippen LogP contribution in [0.15, 0.2) is 29.6 Å². The molecule has 2 N–H and O–H groups in total. The summed E-state index contributed by atoms with van der Waals surface area (Å²) in [6, 6.07) is 9.08. The maximum atomic E-state index is 11.9. The molecule has 1 aromatic carbocycles. The fourth-order valence-corrected chi connectivity index (χ4v) is 3.37. The van der Waals surface area contributed by atoms with Crippen molar-refractivity contribution >= 4 is 45.4 Å². The van der Waals surface area contributed by atoms with Gasteiger partial charge in [-0.15, -0.1) is 11.3 Å². The van der Waals surface area contributed by atoms with E-state index in [1.54, 1.807) is 23.6 Å². The van der Waals surface area contributed by atoms with Crippen LogP contribution in [0.5, 0.6) is 0 Å². The summed E-state index contributed by atoms with van der Waals surface area (Å²) in [6.45, 7) is 2.47. The van der Waals surface area contributed by atoms with Gasteiger partial charge in [-0.25, -0.2) is 0 Å². The summed E-state index contributed by atoms with van der Waals surface area (Å²) in [6.07, 6.45) is 0.304. The number of hydrogen-bond acceptors (Lipinski definition) is 4. The van der Waals surface area contributed by atoms with Gasteiger partial charge in [0.2, 0.25) is 5.91 Å². The highest BCUT2D eigenvalue weighted by Gasteiger charge is 2.11. The van der Waals surface area contributed by atoms with Crippen LogP contribution in [0, 0.1) is 11.3 Å². The van der Waals surface area contributed by atoms with Gasteiger partial charge in [0.15, 0.2) is 0 Å². The first-order valence-electron chi connectivity index (χ1n) is 6.97. The van der Waals surface area contributed by atoms with E-state index in [1.165, 1.54) is 11.3 Å². The highest BCUT2D eigenvalue weighted by Crippen LogP contribution is 2.26. The molecule has 0 saturated carbocycles. The van der Waals surface area contributed by atoms with Crippen molar-refractivity contribution in [3.63, 3.8) is 0 Å². The fourth-order valence-electron chi connectivity index (χ4n) is 2.05. The van der Waals surface area contributed by atoms with Crippen LogP contribution in [0.4, 0.5) is 5.00 Å². The standard InChI is InChI=1S/C16H15Cl2N3OS/c1-10(13-3-2-12(17)8-14(13)18)20-6-4-15(22)21-16-11(9-19)5-7-23-16/h2-3,5,7-8,10,20H,4,6H2,1H3,(H,21,22)/t10-/m1/s1. The van der Waals surface area contributed by atoms with Gasteiger partial charge >= 0.3 is 0 Å². The van der Waals surface area contributed by atoms with E-state index in [0.29, 0.717) is 33.6 Å². The molecule has 0 bridgehead atoms. The highest BCUT2D eigenvalue weighted by atomic mass is 35.5. The van der Waals surface area contributed by atoms with Gasteiger partial charge in [0, 0.05) is 29.1 Å². The fraction of sp³-hybridized carbons (Fsp3) is 0.250. The molecule has 2 rings (SSSR count). The molecule has 1 atom stereocenters. The third-order valence-electron chi connectivity index (χ3n) is 3.27. The average molecular weight is 368 g/mol. The zero-order chi connectivity index (χ0) is 16.8. The monoisotopic (exact) mass is 367 g/mol. The third kappa shape index (κ3) is 4.95. The van der Waals surface area contributed by atoms with E-state index in [0.717, 1.165) is 5.56 Å². The molecule has 0 aliphatic rings. The number of nitrogens with one attached hydrogen (secondary N) is 2. The molecular weight excluding hydrogens is 353 g/mol. The Balaban J connectivity index is 1.82. The number of amides is 1. The van der Waals surface area contributed by atoms with Crippen molar-refractivity contribution in [1.29, 1.82) is 5.26 Å². The molecule has 0 saturated heterocycles. The maximum absolute atomic E-state index is 11.9. The summed E-state index contributed by atoms with van der Waals surface area (Å²) in [5.41, 5.74) is 1.42. The van der Waals surface area contributed by atoms with E-state index in [9.17, 15) is 4.79 Å². The molecule has 0 radical (unpaired) electrons. The molecule has 0 aliphatic carbocycles. The average Bonchev–Trinajstić information content (AvgIpc) is 2.94. The minimum absolute atomic E-state index is 0.00368. The molecule has 0 fully saturated rings. The second kappa shape index (κ2) is 8.32. The van der Waals surface area contributed by atoms with Gasteiger partial charge in [0.1, 0.15) is 11.1 Å². The van der Waals surface area contributed by atoms with Gasteiger partial charge in [-0.1, -0.05) is 29.3 Å². The summed E-state index contributed by atoms with van der Waals surface area (Å²) < 4.78 is 0. The normalized spacial score (nSPS) is 11.7. The van der Waals surface area contributed by atoms with Crippen molar-refractivity contribution in [3.05, 3.63) is 50.8 Å². The number of carbonyl (C=O) groups is 1. The Morgan fingerprint density at radius 2 is 2.17 bits per heavy atom. The Morgan fingerprint density at radius 3 is 2.87 bits per heavy atom. The van der Waals surface area contributed by atoms with Crippen LogP contribution in [0.3, 0.4) is 0 Å². The van der Waals surface area contributed by atoms with E-state index in [2.05, 4.69) is 10.6 Å². The second-order valence-corrected chi connectivity index (χ2v) is 6.67. The van der Waals surface area contributed by atoms with Gasteiger partial charge in [0.05, 0.1) is 5.56 Å². The van der Waals surface area contributed by atoms with E-state index in [1.807, 2.05) is 19.1 Å². The molecule has 1 aromatic heterocycles. The lowest BCUT2D eigenvalue weighted by molar-refractivity contribution is -0.116.